The van der Waals surface area contributed by atoms with Gasteiger partial charge in [-0.3, -0.25) is 14.4 Å². The van der Waals surface area contributed by atoms with E-state index in [4.69, 9.17) is 41.0 Å². The maximum Gasteiger partial charge on any atom is 0.330 e. The minimum Gasteiger partial charge on any atom is -0.460 e. The van der Waals surface area contributed by atoms with Crippen molar-refractivity contribution in [3.05, 3.63) is 106 Å². The first-order chi connectivity index (χ1) is 32.4. The molecule has 0 bridgehead atoms. The van der Waals surface area contributed by atoms with E-state index in [-0.39, 0.29) is 24.7 Å². The summed E-state index contributed by atoms with van der Waals surface area (Å²) in [7, 11) is 0. The first-order valence-corrected chi connectivity index (χ1v) is 25.0. The fraction of sp³-hybridized carbons (Fsp3) is 0.593. The lowest BCUT2D eigenvalue weighted by atomic mass is 9.79. The number of carbonyl (C=O) groups is 4. The Labute approximate surface area is 406 Å². The van der Waals surface area contributed by atoms with Gasteiger partial charge in [-0.25, -0.2) is 4.79 Å². The number of hydrogen-bond acceptors (Lipinski definition) is 10. The summed E-state index contributed by atoms with van der Waals surface area (Å²) in [5, 5.41) is 6.15. The number of nitrogens with one attached hydrogen (secondary N) is 2. The van der Waals surface area contributed by atoms with Gasteiger partial charge >= 0.3 is 11.9 Å². The van der Waals surface area contributed by atoms with Crippen LogP contribution < -0.4 is 16.4 Å². The van der Waals surface area contributed by atoms with Crippen LogP contribution in [0.15, 0.2) is 78.9 Å². The number of unbranched alkanes of at least 4 members (excludes halogenated alkanes) is 11. The molecule has 0 radical (unpaired) electrons. The van der Waals surface area contributed by atoms with E-state index in [9.17, 15) is 19.2 Å². The number of nitrogens with two attached hydrogens (primary N) is 1. The first-order valence-electron chi connectivity index (χ1n) is 24.7. The standard InChI is InChI=1S/C54H80ClN3O9/c1-43-30-32-45(33-31-43)54(44-24-16-15-17-25-44,46-26-20-21-27-47(46)55)67-52(62)48(42-50(60)57-35-23-37-64-39-41-65-40-38-63-36-22-34-56)58-49(59)28-18-13-11-9-7-5-6-8-10-12-14-19-29-51(61)66-53(2,3)4/h15-17,20-21,24-27,30-33,48H,5-14,18-19,22-23,28-29,34-42,56H2,1-4H3,(H,57,60)(H,58,59)/t48-,54?/m0/s1. The third-order valence-electron chi connectivity index (χ3n) is 11.1. The number of rotatable bonds is 36. The van der Waals surface area contributed by atoms with Crippen LogP contribution in [0.1, 0.15) is 152 Å². The number of carbonyl (C=O) groups excluding carboxylic acids is 4. The highest BCUT2D eigenvalue weighted by atomic mass is 35.5. The molecule has 67 heavy (non-hydrogen) atoms. The van der Waals surface area contributed by atoms with Crippen LogP contribution in [0.5, 0.6) is 0 Å². The fourth-order valence-corrected chi connectivity index (χ4v) is 7.91. The molecule has 0 saturated heterocycles. The van der Waals surface area contributed by atoms with Crippen LogP contribution in [0, 0.1) is 6.92 Å². The zero-order valence-corrected chi connectivity index (χ0v) is 41.6. The van der Waals surface area contributed by atoms with E-state index in [1.165, 1.54) is 25.7 Å². The summed E-state index contributed by atoms with van der Waals surface area (Å²) in [5.74, 6) is -1.60. The van der Waals surface area contributed by atoms with Gasteiger partial charge in [0.05, 0.1) is 32.8 Å². The molecule has 0 aromatic heterocycles. The summed E-state index contributed by atoms with van der Waals surface area (Å²) in [5.41, 5.74) is 6.42. The van der Waals surface area contributed by atoms with Gasteiger partial charge in [0.15, 0.2) is 5.60 Å². The molecule has 4 N–H and O–H groups in total. The highest BCUT2D eigenvalue weighted by Gasteiger charge is 2.44. The minimum absolute atomic E-state index is 0.115. The monoisotopic (exact) mass is 950 g/mol. The Morgan fingerprint density at radius 3 is 1.66 bits per heavy atom. The molecular weight excluding hydrogens is 870 g/mol. The van der Waals surface area contributed by atoms with Crippen molar-refractivity contribution in [2.75, 3.05) is 52.7 Å². The average Bonchev–Trinajstić information content (AvgIpc) is 3.29. The van der Waals surface area contributed by atoms with E-state index < -0.39 is 29.1 Å². The van der Waals surface area contributed by atoms with Crippen LogP contribution in [0.2, 0.25) is 5.02 Å². The lowest BCUT2D eigenvalue weighted by Crippen LogP contribution is -2.48. The molecule has 3 aromatic rings. The van der Waals surface area contributed by atoms with Crippen LogP contribution in [-0.2, 0) is 48.5 Å². The van der Waals surface area contributed by atoms with Gasteiger partial charge in [-0.2, -0.15) is 0 Å². The molecule has 0 aliphatic carbocycles. The number of halogens is 1. The van der Waals surface area contributed by atoms with Crippen molar-refractivity contribution in [1.82, 2.24) is 10.6 Å². The lowest BCUT2D eigenvalue weighted by molar-refractivity contribution is -0.158. The van der Waals surface area contributed by atoms with Crippen LogP contribution in [0.3, 0.4) is 0 Å². The Balaban J connectivity index is 1.56. The van der Waals surface area contributed by atoms with E-state index in [0.717, 1.165) is 56.9 Å². The predicted octanol–water partition coefficient (Wildman–Crippen LogP) is 10.1. The third-order valence-corrected chi connectivity index (χ3v) is 11.5. The van der Waals surface area contributed by atoms with Crippen LogP contribution in [0.25, 0.3) is 0 Å². The Bertz CT molecular complexity index is 1840. The van der Waals surface area contributed by atoms with E-state index in [1.807, 2.05) is 100 Å². The molecule has 372 valence electrons. The Hall–Kier alpha value is -4.33. The van der Waals surface area contributed by atoms with Gasteiger partial charge in [-0.15, -0.1) is 0 Å². The number of benzene rings is 3. The number of amides is 2. The van der Waals surface area contributed by atoms with Crippen LogP contribution in [0.4, 0.5) is 0 Å². The second kappa shape index (κ2) is 33.2. The number of hydrogen-bond donors (Lipinski definition) is 3. The van der Waals surface area contributed by atoms with E-state index in [1.54, 1.807) is 6.07 Å². The third kappa shape index (κ3) is 23.5. The molecule has 12 nitrogen and oxygen atoms in total. The smallest absolute Gasteiger partial charge is 0.330 e. The normalized spacial score (nSPS) is 12.8. The lowest BCUT2D eigenvalue weighted by Gasteiger charge is -2.37. The molecule has 0 spiro atoms. The van der Waals surface area contributed by atoms with Crippen molar-refractivity contribution in [3.8, 4) is 0 Å². The first kappa shape index (κ1) is 57.0. The fourth-order valence-electron chi connectivity index (χ4n) is 7.64. The van der Waals surface area contributed by atoms with Gasteiger partial charge in [0.25, 0.3) is 0 Å². The second-order valence-corrected chi connectivity index (χ2v) is 18.6. The van der Waals surface area contributed by atoms with Crippen molar-refractivity contribution in [1.29, 1.82) is 0 Å². The van der Waals surface area contributed by atoms with E-state index in [0.29, 0.717) is 93.7 Å². The van der Waals surface area contributed by atoms with Crippen molar-refractivity contribution in [2.45, 2.75) is 154 Å². The minimum atomic E-state index is -1.51. The number of ether oxygens (including phenoxy) is 5. The molecule has 3 rings (SSSR count). The van der Waals surface area contributed by atoms with Gasteiger partial charge in [-0.05, 0) is 66.0 Å². The quantitative estimate of drug-likeness (QED) is 0.0290. The van der Waals surface area contributed by atoms with Crippen LogP contribution in [-0.4, -0.2) is 88.1 Å². The zero-order valence-electron chi connectivity index (χ0n) is 40.9. The molecule has 0 aliphatic rings. The van der Waals surface area contributed by atoms with Gasteiger partial charge < -0.3 is 40.1 Å². The molecule has 0 fully saturated rings. The zero-order chi connectivity index (χ0) is 48.6. The highest BCUT2D eigenvalue weighted by Crippen LogP contribution is 2.44. The van der Waals surface area contributed by atoms with Crippen LogP contribution >= 0.6 is 11.6 Å². The van der Waals surface area contributed by atoms with Gasteiger partial charge in [0, 0.05) is 54.3 Å². The van der Waals surface area contributed by atoms with Crippen molar-refractivity contribution < 1.29 is 42.9 Å². The molecule has 2 atom stereocenters. The predicted molar refractivity (Wildman–Crippen MR) is 266 cm³/mol. The molecule has 0 heterocycles. The molecule has 2 amide bonds. The Morgan fingerprint density at radius 1 is 0.582 bits per heavy atom. The van der Waals surface area contributed by atoms with Gasteiger partial charge in [0.2, 0.25) is 11.8 Å². The molecule has 3 aromatic carbocycles. The summed E-state index contributed by atoms with van der Waals surface area (Å²) in [6.07, 6.45) is 14.4. The molecule has 0 saturated carbocycles. The summed E-state index contributed by atoms with van der Waals surface area (Å²) >= 11 is 6.92. The molecular formula is C54H80ClN3O9. The van der Waals surface area contributed by atoms with E-state index >= 15 is 0 Å². The SMILES string of the molecule is Cc1ccc(C(OC(=O)[C@H](CC(=O)NCCCOCCOCCOCCCN)NC(=O)CCCCCCCCCCCCCCC(=O)OC(C)(C)C)(c2ccccc2)c2ccccc2Cl)cc1. The van der Waals surface area contributed by atoms with Gasteiger partial charge in [0.1, 0.15) is 11.6 Å². The number of aryl methyl sites for hydroxylation is 1. The molecule has 13 heteroatoms. The Kier molecular flexibility index (Phi) is 28.3. The molecule has 1 unspecified atom stereocenters. The summed E-state index contributed by atoms with van der Waals surface area (Å²) in [6.45, 7) is 11.4. The van der Waals surface area contributed by atoms with E-state index in [2.05, 4.69) is 10.6 Å². The van der Waals surface area contributed by atoms with Crippen molar-refractivity contribution in [3.63, 3.8) is 0 Å². The largest absolute Gasteiger partial charge is 0.460 e. The van der Waals surface area contributed by atoms with Crippen molar-refractivity contribution >= 4 is 35.4 Å². The maximum atomic E-state index is 14.7. The second-order valence-electron chi connectivity index (χ2n) is 18.2. The summed E-state index contributed by atoms with van der Waals surface area (Å²) < 4.78 is 28.7. The van der Waals surface area contributed by atoms with Crippen molar-refractivity contribution in [2.24, 2.45) is 5.73 Å². The van der Waals surface area contributed by atoms with Gasteiger partial charge in [-0.1, -0.05) is 154 Å². The molecule has 0 aliphatic heterocycles. The highest BCUT2D eigenvalue weighted by molar-refractivity contribution is 6.31. The number of esters is 2. The topological polar surface area (TPSA) is 165 Å². The maximum absolute atomic E-state index is 14.7. The summed E-state index contributed by atoms with van der Waals surface area (Å²) in [6, 6.07) is 23.0. The Morgan fingerprint density at radius 2 is 1.09 bits per heavy atom. The average molecular weight is 951 g/mol. The summed E-state index contributed by atoms with van der Waals surface area (Å²) in [4.78, 5) is 53.6.